The molecule has 0 aliphatic carbocycles. The Labute approximate surface area is 160 Å². The summed E-state index contributed by atoms with van der Waals surface area (Å²) in [4.78, 5) is 0. The van der Waals surface area contributed by atoms with Crippen molar-refractivity contribution in [3.05, 3.63) is 0 Å². The Hall–Kier alpha value is 0.880. The lowest BCUT2D eigenvalue weighted by Crippen LogP contribution is -3.00. The largest absolute Gasteiger partial charge is 1.00 e. The molecule has 0 fully saturated rings. The van der Waals surface area contributed by atoms with Gasteiger partial charge in [0.05, 0.1) is 9.93 Å². The second-order valence-electron chi connectivity index (χ2n) is 9.47. The normalized spacial score (nSPS) is 12.2. The third-order valence-corrected chi connectivity index (χ3v) is 3.10. The number of hydrogen-bond acceptors (Lipinski definition) is 1. The zero-order valence-corrected chi connectivity index (χ0v) is 19.8. The van der Waals surface area contributed by atoms with E-state index in [4.69, 9.17) is 0 Å². The van der Waals surface area contributed by atoms with E-state index >= 15 is 0 Å². The Morgan fingerprint density at radius 2 is 0.773 bits per heavy atom. The molecular formula is C19H43IOS. The highest BCUT2D eigenvalue weighted by Crippen LogP contribution is 2.24. The van der Waals surface area contributed by atoms with E-state index in [9.17, 15) is 4.21 Å². The minimum absolute atomic E-state index is 0. The SMILES string of the molecule is CC(C)(C)CCCCCCCCC(C)(C)C.C[S+](C)(C)=O.[I-]. The molecule has 0 aromatic carbocycles. The first kappa shape index (κ1) is 27.7. The van der Waals surface area contributed by atoms with Crippen LogP contribution in [-0.2, 0) is 14.1 Å². The number of hydrogen-bond donors (Lipinski definition) is 0. The second-order valence-corrected chi connectivity index (χ2v) is 12.9. The molecule has 1 nitrogen and oxygen atoms in total. The molecule has 0 amide bonds. The van der Waals surface area contributed by atoms with Crippen molar-refractivity contribution in [2.24, 2.45) is 10.8 Å². The fourth-order valence-corrected chi connectivity index (χ4v) is 2.02. The van der Waals surface area contributed by atoms with Crippen LogP contribution in [-0.4, -0.2) is 18.8 Å². The van der Waals surface area contributed by atoms with E-state index in [0.29, 0.717) is 10.8 Å². The molecule has 0 radical (unpaired) electrons. The summed E-state index contributed by atoms with van der Waals surface area (Å²) >= 11 is 0. The lowest BCUT2D eigenvalue weighted by atomic mass is 9.88. The number of unbranched alkanes of at least 4 members (excludes halogenated alkanes) is 5. The highest BCUT2D eigenvalue weighted by molar-refractivity contribution is 8.00. The zero-order chi connectivity index (χ0) is 17.2. The van der Waals surface area contributed by atoms with Gasteiger partial charge in [0.25, 0.3) is 0 Å². The van der Waals surface area contributed by atoms with Crippen molar-refractivity contribution >= 4 is 9.93 Å². The van der Waals surface area contributed by atoms with Gasteiger partial charge in [0.2, 0.25) is 0 Å². The van der Waals surface area contributed by atoms with Crippen LogP contribution >= 0.6 is 0 Å². The van der Waals surface area contributed by atoms with Gasteiger partial charge in [0, 0.05) is 0 Å². The van der Waals surface area contributed by atoms with Crippen LogP contribution < -0.4 is 24.0 Å². The van der Waals surface area contributed by atoms with E-state index in [1.54, 1.807) is 18.8 Å². The van der Waals surface area contributed by atoms with Gasteiger partial charge >= 0.3 is 0 Å². The van der Waals surface area contributed by atoms with Gasteiger partial charge in [-0.3, -0.25) is 0 Å². The quantitative estimate of drug-likeness (QED) is 0.332. The summed E-state index contributed by atoms with van der Waals surface area (Å²) in [6.07, 6.45) is 16.5. The number of halogens is 1. The highest BCUT2D eigenvalue weighted by atomic mass is 127. The summed E-state index contributed by atoms with van der Waals surface area (Å²) in [6.45, 7) is 14.1. The highest BCUT2D eigenvalue weighted by Gasteiger charge is 2.09. The molecule has 0 aromatic heterocycles. The molecule has 0 rings (SSSR count). The van der Waals surface area contributed by atoms with Crippen LogP contribution in [0.3, 0.4) is 0 Å². The molecule has 0 heterocycles. The molecule has 3 heteroatoms. The van der Waals surface area contributed by atoms with Gasteiger partial charge in [-0.15, -0.1) is 4.21 Å². The molecule has 0 aliphatic heterocycles. The van der Waals surface area contributed by atoms with Crippen molar-refractivity contribution in [3.63, 3.8) is 0 Å². The van der Waals surface area contributed by atoms with Crippen LogP contribution in [0.1, 0.15) is 92.9 Å². The van der Waals surface area contributed by atoms with Gasteiger partial charge in [-0.05, 0) is 23.7 Å². The molecule has 22 heavy (non-hydrogen) atoms. The molecular weight excluding hydrogens is 403 g/mol. The number of rotatable bonds is 7. The summed E-state index contributed by atoms with van der Waals surface area (Å²) in [5, 5.41) is 0. The van der Waals surface area contributed by atoms with Gasteiger partial charge in [-0.2, -0.15) is 0 Å². The summed E-state index contributed by atoms with van der Waals surface area (Å²) in [6, 6.07) is 0. The van der Waals surface area contributed by atoms with E-state index in [1.807, 2.05) is 0 Å². The fourth-order valence-electron chi connectivity index (χ4n) is 2.02. The van der Waals surface area contributed by atoms with E-state index in [2.05, 4.69) is 41.5 Å². The first-order valence-corrected chi connectivity index (χ1v) is 11.4. The van der Waals surface area contributed by atoms with Gasteiger partial charge in [0.1, 0.15) is 18.8 Å². The van der Waals surface area contributed by atoms with Gasteiger partial charge in [-0.1, -0.05) is 80.1 Å². The molecule has 0 saturated heterocycles. The Kier molecular flexibility index (Phi) is 16.6. The first-order valence-electron chi connectivity index (χ1n) is 8.60. The van der Waals surface area contributed by atoms with Crippen LogP contribution in [0.4, 0.5) is 0 Å². The monoisotopic (exact) mass is 446 g/mol. The summed E-state index contributed by atoms with van der Waals surface area (Å²) in [7, 11) is -1.42. The summed E-state index contributed by atoms with van der Waals surface area (Å²) in [5.74, 6) is 0. The van der Waals surface area contributed by atoms with Gasteiger partial charge < -0.3 is 24.0 Å². The lowest BCUT2D eigenvalue weighted by Gasteiger charge is -2.18. The molecule has 0 aliphatic rings. The van der Waals surface area contributed by atoms with Crippen molar-refractivity contribution in [2.75, 3.05) is 18.8 Å². The third-order valence-electron chi connectivity index (χ3n) is 3.10. The van der Waals surface area contributed by atoms with Crippen molar-refractivity contribution in [1.82, 2.24) is 0 Å². The predicted octanol–water partition coefficient (Wildman–Crippen LogP) is 3.58. The molecule has 0 N–H and O–H groups in total. The predicted molar refractivity (Wildman–Crippen MR) is 102 cm³/mol. The Morgan fingerprint density at radius 3 is 0.955 bits per heavy atom. The van der Waals surface area contributed by atoms with Gasteiger partial charge in [0.15, 0.2) is 0 Å². The first-order chi connectivity index (χ1) is 9.21. The zero-order valence-electron chi connectivity index (χ0n) is 16.9. The van der Waals surface area contributed by atoms with Crippen LogP contribution in [0.25, 0.3) is 0 Å². The summed E-state index contributed by atoms with van der Waals surface area (Å²) in [5.41, 5.74) is 1.07. The van der Waals surface area contributed by atoms with E-state index < -0.39 is 9.93 Å². The molecule has 0 aromatic rings. The third kappa shape index (κ3) is 42.8. The smallest absolute Gasteiger partial charge is 0.101 e. The Morgan fingerprint density at radius 1 is 0.591 bits per heavy atom. The van der Waals surface area contributed by atoms with E-state index in [0.717, 1.165) is 0 Å². The van der Waals surface area contributed by atoms with Crippen molar-refractivity contribution in [3.8, 4) is 0 Å². The average Bonchev–Trinajstić information content (AvgIpc) is 2.16. The Bertz CT molecular complexity index is 253. The maximum Gasteiger partial charge on any atom is 0.101 e. The lowest BCUT2D eigenvalue weighted by molar-refractivity contribution is -0.00000780. The summed E-state index contributed by atoms with van der Waals surface area (Å²) < 4.78 is 10.2. The minimum Gasteiger partial charge on any atom is -1.00 e. The van der Waals surface area contributed by atoms with E-state index in [-0.39, 0.29) is 24.0 Å². The standard InChI is InChI=1S/C16H34.C3H9OS.HI/c1-15(2,3)13-11-9-7-8-10-12-14-16(4,5)6;1-5(2,3)4;/h7-14H2,1-6H3;1-3H3;1H/q;+1;/p-1. The van der Waals surface area contributed by atoms with Crippen molar-refractivity contribution < 1.29 is 28.2 Å². The Balaban J connectivity index is -0.000000520. The molecule has 0 spiro atoms. The van der Waals surface area contributed by atoms with E-state index in [1.165, 1.54) is 51.4 Å². The molecule has 0 unspecified atom stereocenters. The fraction of sp³-hybridized carbons (Fsp3) is 1.00. The molecule has 0 bridgehead atoms. The average molecular weight is 447 g/mol. The molecule has 0 saturated carbocycles. The van der Waals surface area contributed by atoms with Crippen LogP contribution in [0.15, 0.2) is 0 Å². The van der Waals surface area contributed by atoms with Crippen molar-refractivity contribution in [1.29, 1.82) is 0 Å². The minimum atomic E-state index is -1.42. The maximum absolute atomic E-state index is 10.2. The van der Waals surface area contributed by atoms with Crippen LogP contribution in [0.2, 0.25) is 0 Å². The molecule has 0 atom stereocenters. The topological polar surface area (TPSA) is 17.1 Å². The van der Waals surface area contributed by atoms with Gasteiger partial charge in [-0.25, -0.2) is 0 Å². The second kappa shape index (κ2) is 13.2. The molecule has 138 valence electrons. The maximum atomic E-state index is 10.2. The van der Waals surface area contributed by atoms with Crippen LogP contribution in [0, 0.1) is 10.8 Å². The van der Waals surface area contributed by atoms with Crippen LogP contribution in [0.5, 0.6) is 0 Å². The van der Waals surface area contributed by atoms with Crippen molar-refractivity contribution in [2.45, 2.75) is 92.9 Å².